The van der Waals surface area contributed by atoms with Gasteiger partial charge >= 0.3 is 0 Å². The molecule has 0 fully saturated rings. The molecule has 19 heavy (non-hydrogen) atoms. The molecule has 0 saturated carbocycles. The Hall–Kier alpha value is -2.06. The van der Waals surface area contributed by atoms with E-state index in [1.807, 2.05) is 60.7 Å². The molecular formula is C17H18O2. The molecule has 0 N–H and O–H groups in total. The normalized spacial score (nSPS) is 13.5. The number of ether oxygens (including phenoxy) is 2. The van der Waals surface area contributed by atoms with Crippen molar-refractivity contribution in [2.24, 2.45) is 0 Å². The van der Waals surface area contributed by atoms with Crippen molar-refractivity contribution in [1.29, 1.82) is 0 Å². The van der Waals surface area contributed by atoms with Gasteiger partial charge in [0.15, 0.2) is 6.10 Å². The third-order valence-corrected chi connectivity index (χ3v) is 3.03. The van der Waals surface area contributed by atoms with Gasteiger partial charge in [-0.2, -0.15) is 0 Å². The van der Waals surface area contributed by atoms with E-state index in [1.54, 1.807) is 7.11 Å². The molecule has 2 nitrogen and oxygen atoms in total. The Labute approximate surface area is 114 Å². The van der Waals surface area contributed by atoms with E-state index < -0.39 is 0 Å². The molecule has 2 heteroatoms. The van der Waals surface area contributed by atoms with E-state index in [1.165, 1.54) is 6.26 Å². The fraction of sp³-hybridized carbons (Fsp3) is 0.176. The zero-order valence-electron chi connectivity index (χ0n) is 11.0. The van der Waals surface area contributed by atoms with Crippen LogP contribution >= 0.6 is 0 Å². The van der Waals surface area contributed by atoms with Crippen molar-refractivity contribution in [3.05, 3.63) is 84.6 Å². The molecule has 0 unspecified atom stereocenters. The maximum Gasteiger partial charge on any atom is 0.153 e. The highest BCUT2D eigenvalue weighted by Gasteiger charge is 2.25. The van der Waals surface area contributed by atoms with E-state index in [0.717, 1.165) is 11.1 Å². The van der Waals surface area contributed by atoms with E-state index in [0.29, 0.717) is 0 Å². The van der Waals surface area contributed by atoms with Crippen LogP contribution in [0.3, 0.4) is 0 Å². The number of hydrogen-bond acceptors (Lipinski definition) is 2. The molecule has 0 aliphatic carbocycles. The smallest absolute Gasteiger partial charge is 0.153 e. The number of methoxy groups -OCH3 is 1. The highest BCUT2D eigenvalue weighted by atomic mass is 16.5. The molecule has 0 spiro atoms. The first-order chi connectivity index (χ1) is 9.36. The summed E-state index contributed by atoms with van der Waals surface area (Å²) in [7, 11) is 1.69. The monoisotopic (exact) mass is 254 g/mol. The standard InChI is InChI=1S/C17H18O2/c1-3-19-17(15-12-8-5-9-13-15)16(18-2)14-10-6-4-7-11-14/h3-13,16-17H,1H2,2H3/t16-,17+/m1/s1. The van der Waals surface area contributed by atoms with Gasteiger partial charge in [0.25, 0.3) is 0 Å². The molecule has 0 saturated heterocycles. The Bertz CT molecular complexity index is 493. The van der Waals surface area contributed by atoms with E-state index in [2.05, 4.69) is 6.58 Å². The zero-order valence-corrected chi connectivity index (χ0v) is 11.0. The molecule has 0 aliphatic heterocycles. The van der Waals surface area contributed by atoms with E-state index in [-0.39, 0.29) is 12.2 Å². The second-order valence-electron chi connectivity index (χ2n) is 4.20. The van der Waals surface area contributed by atoms with Gasteiger partial charge in [-0.1, -0.05) is 67.2 Å². The maximum absolute atomic E-state index is 5.67. The van der Waals surface area contributed by atoms with Gasteiger partial charge in [-0.3, -0.25) is 0 Å². The predicted molar refractivity (Wildman–Crippen MR) is 76.7 cm³/mol. The maximum atomic E-state index is 5.67. The summed E-state index contributed by atoms with van der Waals surface area (Å²) in [5.41, 5.74) is 2.15. The molecule has 0 amide bonds. The van der Waals surface area contributed by atoms with Crippen molar-refractivity contribution >= 4 is 0 Å². The molecule has 2 aromatic rings. The van der Waals surface area contributed by atoms with Crippen LogP contribution in [0.15, 0.2) is 73.5 Å². The lowest BCUT2D eigenvalue weighted by Gasteiger charge is -2.26. The van der Waals surface area contributed by atoms with Crippen molar-refractivity contribution in [3.8, 4) is 0 Å². The van der Waals surface area contributed by atoms with Crippen molar-refractivity contribution in [2.75, 3.05) is 7.11 Å². The summed E-state index contributed by atoms with van der Waals surface area (Å²) in [4.78, 5) is 0. The van der Waals surface area contributed by atoms with Gasteiger partial charge in [-0.05, 0) is 11.1 Å². The summed E-state index contributed by atoms with van der Waals surface area (Å²) in [6, 6.07) is 20.1. The fourth-order valence-corrected chi connectivity index (χ4v) is 2.15. The molecule has 0 heterocycles. The van der Waals surface area contributed by atoms with E-state index in [4.69, 9.17) is 9.47 Å². The zero-order chi connectivity index (χ0) is 13.5. The lowest BCUT2D eigenvalue weighted by Crippen LogP contribution is -2.14. The van der Waals surface area contributed by atoms with Crippen LogP contribution in [-0.2, 0) is 9.47 Å². The summed E-state index contributed by atoms with van der Waals surface area (Å²) < 4.78 is 11.3. The predicted octanol–water partition coefficient (Wildman–Crippen LogP) is 4.28. The minimum absolute atomic E-state index is 0.165. The Morgan fingerprint density at radius 3 is 1.74 bits per heavy atom. The quantitative estimate of drug-likeness (QED) is 0.716. The third-order valence-electron chi connectivity index (χ3n) is 3.03. The molecule has 2 rings (SSSR count). The SMILES string of the molecule is C=CO[C@@H](c1ccccc1)[C@H](OC)c1ccccc1. The van der Waals surface area contributed by atoms with Crippen LogP contribution in [0.25, 0.3) is 0 Å². The summed E-state index contributed by atoms with van der Waals surface area (Å²) in [5, 5.41) is 0. The van der Waals surface area contributed by atoms with Crippen LogP contribution in [0, 0.1) is 0 Å². The fourth-order valence-electron chi connectivity index (χ4n) is 2.15. The highest BCUT2D eigenvalue weighted by Crippen LogP contribution is 2.34. The number of hydrogen-bond donors (Lipinski definition) is 0. The Kier molecular flexibility index (Phi) is 4.76. The minimum atomic E-state index is -0.203. The molecule has 0 radical (unpaired) electrons. The first kappa shape index (κ1) is 13.4. The van der Waals surface area contributed by atoms with Crippen LogP contribution in [0.2, 0.25) is 0 Å². The van der Waals surface area contributed by atoms with Crippen LogP contribution in [-0.4, -0.2) is 7.11 Å². The van der Waals surface area contributed by atoms with Gasteiger partial charge in [0.1, 0.15) is 6.10 Å². The van der Waals surface area contributed by atoms with Gasteiger partial charge in [0.05, 0.1) is 6.26 Å². The van der Waals surface area contributed by atoms with Gasteiger partial charge in [0.2, 0.25) is 0 Å². The summed E-state index contributed by atoms with van der Waals surface area (Å²) >= 11 is 0. The van der Waals surface area contributed by atoms with Gasteiger partial charge in [0, 0.05) is 7.11 Å². The van der Waals surface area contributed by atoms with E-state index >= 15 is 0 Å². The van der Waals surface area contributed by atoms with Crippen LogP contribution in [0.1, 0.15) is 23.3 Å². The van der Waals surface area contributed by atoms with Crippen molar-refractivity contribution in [2.45, 2.75) is 12.2 Å². The summed E-state index contributed by atoms with van der Waals surface area (Å²) in [5.74, 6) is 0. The average Bonchev–Trinajstić information content (AvgIpc) is 2.49. The van der Waals surface area contributed by atoms with Gasteiger partial charge in [-0.15, -0.1) is 0 Å². The lowest BCUT2D eigenvalue weighted by atomic mass is 9.98. The van der Waals surface area contributed by atoms with Crippen molar-refractivity contribution in [3.63, 3.8) is 0 Å². The molecule has 98 valence electrons. The number of benzene rings is 2. The van der Waals surface area contributed by atoms with E-state index in [9.17, 15) is 0 Å². The second-order valence-corrected chi connectivity index (χ2v) is 4.20. The summed E-state index contributed by atoms with van der Waals surface area (Å²) in [6.45, 7) is 3.66. The summed E-state index contributed by atoms with van der Waals surface area (Å²) in [6.07, 6.45) is 1.10. The largest absolute Gasteiger partial charge is 0.491 e. The van der Waals surface area contributed by atoms with Crippen LogP contribution in [0.4, 0.5) is 0 Å². The van der Waals surface area contributed by atoms with Crippen LogP contribution < -0.4 is 0 Å². The Balaban J connectivity index is 2.34. The molecule has 0 aliphatic rings. The lowest BCUT2D eigenvalue weighted by molar-refractivity contribution is -0.0227. The highest BCUT2D eigenvalue weighted by molar-refractivity contribution is 5.25. The molecule has 0 aromatic heterocycles. The Morgan fingerprint density at radius 2 is 1.32 bits per heavy atom. The van der Waals surface area contributed by atoms with Crippen molar-refractivity contribution in [1.82, 2.24) is 0 Å². The average molecular weight is 254 g/mol. The molecule has 2 atom stereocenters. The first-order valence-electron chi connectivity index (χ1n) is 6.26. The Morgan fingerprint density at radius 1 is 0.842 bits per heavy atom. The number of rotatable bonds is 6. The molecular weight excluding hydrogens is 236 g/mol. The van der Waals surface area contributed by atoms with Gasteiger partial charge in [-0.25, -0.2) is 0 Å². The minimum Gasteiger partial charge on any atom is -0.491 e. The third kappa shape index (κ3) is 3.24. The van der Waals surface area contributed by atoms with Crippen molar-refractivity contribution < 1.29 is 9.47 Å². The van der Waals surface area contributed by atoms with Gasteiger partial charge < -0.3 is 9.47 Å². The van der Waals surface area contributed by atoms with Crippen LogP contribution in [0.5, 0.6) is 0 Å². The molecule has 2 aromatic carbocycles. The molecule has 0 bridgehead atoms. The second kappa shape index (κ2) is 6.76. The first-order valence-corrected chi connectivity index (χ1v) is 6.26. The topological polar surface area (TPSA) is 18.5 Å².